The molecule has 0 radical (unpaired) electrons. The molecule has 1 aliphatic rings. The van der Waals surface area contributed by atoms with Gasteiger partial charge in [0.25, 0.3) is 0 Å². The summed E-state index contributed by atoms with van der Waals surface area (Å²) in [5.74, 6) is 0. The lowest BCUT2D eigenvalue weighted by Gasteiger charge is -2.19. The number of hydrogen-bond acceptors (Lipinski definition) is 2. The van der Waals surface area contributed by atoms with E-state index in [9.17, 15) is 0 Å². The molecule has 18 heavy (non-hydrogen) atoms. The molecule has 1 saturated heterocycles. The molecule has 2 heteroatoms. The van der Waals surface area contributed by atoms with Crippen LogP contribution in [0.15, 0.2) is 24.3 Å². The van der Waals surface area contributed by atoms with Crippen LogP contribution >= 0.6 is 0 Å². The van der Waals surface area contributed by atoms with Crippen LogP contribution in [-0.2, 0) is 21.3 Å². The average molecular weight is 248 g/mol. The third-order valence-corrected chi connectivity index (χ3v) is 3.62. The van der Waals surface area contributed by atoms with Gasteiger partial charge in [-0.2, -0.15) is 0 Å². The third kappa shape index (κ3) is 3.12. The van der Waals surface area contributed by atoms with Gasteiger partial charge in [-0.3, -0.25) is 0 Å². The Balaban J connectivity index is 1.99. The molecule has 0 unspecified atom stereocenters. The lowest BCUT2D eigenvalue weighted by molar-refractivity contribution is -0.0607. The molecule has 0 aliphatic carbocycles. The van der Waals surface area contributed by atoms with Gasteiger partial charge in [-0.25, -0.2) is 0 Å². The maximum absolute atomic E-state index is 5.75. The molecule has 0 bridgehead atoms. The predicted octanol–water partition coefficient (Wildman–Crippen LogP) is 3.68. The highest BCUT2D eigenvalue weighted by molar-refractivity contribution is 5.27. The van der Waals surface area contributed by atoms with E-state index in [4.69, 9.17) is 9.47 Å². The fraction of sp³-hybridized carbons (Fsp3) is 0.625. The van der Waals surface area contributed by atoms with Gasteiger partial charge < -0.3 is 9.47 Å². The van der Waals surface area contributed by atoms with Crippen molar-refractivity contribution in [2.45, 2.75) is 65.0 Å². The van der Waals surface area contributed by atoms with E-state index in [-0.39, 0.29) is 23.9 Å². The molecule has 1 fully saturated rings. The molecule has 0 aromatic heterocycles. The summed E-state index contributed by atoms with van der Waals surface area (Å²) >= 11 is 0. The summed E-state index contributed by atoms with van der Waals surface area (Å²) in [4.78, 5) is 0. The molecular weight excluding hydrogens is 224 g/mol. The second-order valence-corrected chi connectivity index (χ2v) is 6.26. The van der Waals surface area contributed by atoms with Crippen LogP contribution in [-0.4, -0.2) is 18.5 Å². The van der Waals surface area contributed by atoms with Gasteiger partial charge in [-0.1, -0.05) is 45.0 Å². The molecule has 100 valence electrons. The first-order chi connectivity index (χ1) is 8.36. The van der Waals surface area contributed by atoms with Crippen molar-refractivity contribution in [3.05, 3.63) is 35.4 Å². The first-order valence-electron chi connectivity index (χ1n) is 6.76. The van der Waals surface area contributed by atoms with Crippen LogP contribution in [0.1, 0.15) is 45.7 Å². The fourth-order valence-electron chi connectivity index (χ4n) is 2.16. The zero-order valence-corrected chi connectivity index (χ0v) is 12.1. The Bertz CT molecular complexity index is 379. The molecule has 0 spiro atoms. The van der Waals surface area contributed by atoms with Gasteiger partial charge in [-0.15, -0.1) is 0 Å². The zero-order chi connectivity index (χ0) is 13.3. The maximum Gasteiger partial charge on any atom is 0.162 e. The van der Waals surface area contributed by atoms with Gasteiger partial charge in [0.1, 0.15) is 0 Å². The smallest absolute Gasteiger partial charge is 0.162 e. The second-order valence-electron chi connectivity index (χ2n) is 6.26. The summed E-state index contributed by atoms with van der Waals surface area (Å²) in [7, 11) is 0. The van der Waals surface area contributed by atoms with Gasteiger partial charge in [0.05, 0.1) is 12.2 Å². The van der Waals surface area contributed by atoms with Crippen LogP contribution in [0.4, 0.5) is 0 Å². The molecule has 1 aromatic carbocycles. The van der Waals surface area contributed by atoms with Crippen LogP contribution in [0, 0.1) is 0 Å². The van der Waals surface area contributed by atoms with Crippen molar-refractivity contribution in [2.75, 3.05) is 0 Å². The lowest BCUT2D eigenvalue weighted by Crippen LogP contribution is -2.14. The molecule has 2 atom stereocenters. The van der Waals surface area contributed by atoms with Crippen molar-refractivity contribution < 1.29 is 9.47 Å². The lowest BCUT2D eigenvalue weighted by atomic mass is 9.86. The summed E-state index contributed by atoms with van der Waals surface area (Å²) in [6.45, 7) is 10.8. The number of rotatable bonds is 2. The van der Waals surface area contributed by atoms with Gasteiger partial charge in [0.15, 0.2) is 6.29 Å². The highest BCUT2D eigenvalue weighted by atomic mass is 16.7. The van der Waals surface area contributed by atoms with Gasteiger partial charge in [0.2, 0.25) is 0 Å². The van der Waals surface area contributed by atoms with Crippen LogP contribution in [0.25, 0.3) is 0 Å². The van der Waals surface area contributed by atoms with E-state index in [1.54, 1.807) is 0 Å². The Morgan fingerprint density at radius 1 is 0.944 bits per heavy atom. The van der Waals surface area contributed by atoms with Crippen LogP contribution < -0.4 is 0 Å². The van der Waals surface area contributed by atoms with E-state index in [0.29, 0.717) is 0 Å². The summed E-state index contributed by atoms with van der Waals surface area (Å²) in [5, 5.41) is 0. The van der Waals surface area contributed by atoms with E-state index in [2.05, 4.69) is 58.9 Å². The number of hydrogen-bond donors (Lipinski definition) is 0. The van der Waals surface area contributed by atoms with Crippen LogP contribution in [0.5, 0.6) is 0 Å². The van der Waals surface area contributed by atoms with Gasteiger partial charge in [0, 0.05) is 6.42 Å². The Kier molecular flexibility index (Phi) is 3.79. The van der Waals surface area contributed by atoms with E-state index in [0.717, 1.165) is 6.42 Å². The van der Waals surface area contributed by atoms with Crippen LogP contribution in [0.3, 0.4) is 0 Å². The summed E-state index contributed by atoms with van der Waals surface area (Å²) in [6, 6.07) is 8.77. The summed E-state index contributed by atoms with van der Waals surface area (Å²) in [6.07, 6.45) is 1.14. The third-order valence-electron chi connectivity index (χ3n) is 3.62. The number of ether oxygens (including phenoxy) is 2. The van der Waals surface area contributed by atoms with E-state index >= 15 is 0 Å². The first-order valence-corrected chi connectivity index (χ1v) is 6.76. The Morgan fingerprint density at radius 3 is 1.89 bits per heavy atom. The molecule has 2 rings (SSSR count). The van der Waals surface area contributed by atoms with Crippen LogP contribution in [0.2, 0.25) is 0 Å². The van der Waals surface area contributed by atoms with E-state index in [1.807, 2.05) is 0 Å². The molecular formula is C16H24O2. The normalized spacial score (nSPS) is 25.6. The average Bonchev–Trinajstić information content (AvgIpc) is 2.57. The van der Waals surface area contributed by atoms with E-state index < -0.39 is 0 Å². The molecule has 1 aromatic rings. The Labute approximate surface area is 110 Å². The monoisotopic (exact) mass is 248 g/mol. The molecule has 0 N–H and O–H groups in total. The highest BCUT2D eigenvalue weighted by Gasteiger charge is 2.29. The Hall–Kier alpha value is -0.860. The molecule has 1 heterocycles. The minimum Gasteiger partial charge on any atom is -0.347 e. The number of benzene rings is 1. The van der Waals surface area contributed by atoms with Crippen molar-refractivity contribution in [1.82, 2.24) is 0 Å². The summed E-state index contributed by atoms with van der Waals surface area (Å²) in [5.41, 5.74) is 2.84. The highest BCUT2D eigenvalue weighted by Crippen LogP contribution is 2.24. The molecule has 1 aliphatic heterocycles. The predicted molar refractivity (Wildman–Crippen MR) is 73.7 cm³/mol. The second kappa shape index (κ2) is 5.02. The molecule has 0 amide bonds. The van der Waals surface area contributed by atoms with Crippen molar-refractivity contribution in [2.24, 2.45) is 0 Å². The van der Waals surface area contributed by atoms with Crippen molar-refractivity contribution in [1.29, 1.82) is 0 Å². The first kappa shape index (κ1) is 13.6. The van der Waals surface area contributed by atoms with Gasteiger partial charge >= 0.3 is 0 Å². The topological polar surface area (TPSA) is 18.5 Å². The van der Waals surface area contributed by atoms with Crippen molar-refractivity contribution in [3.8, 4) is 0 Å². The maximum atomic E-state index is 5.75. The fourth-order valence-corrected chi connectivity index (χ4v) is 2.16. The quantitative estimate of drug-likeness (QED) is 0.795. The van der Waals surface area contributed by atoms with Gasteiger partial charge in [-0.05, 0) is 30.4 Å². The minimum atomic E-state index is -0.0875. The molecule has 2 nitrogen and oxygen atoms in total. The molecule has 0 saturated carbocycles. The zero-order valence-electron chi connectivity index (χ0n) is 12.1. The van der Waals surface area contributed by atoms with E-state index in [1.165, 1.54) is 11.1 Å². The summed E-state index contributed by atoms with van der Waals surface area (Å²) < 4.78 is 11.5. The SMILES string of the molecule is C[C@H]1OC(Cc2ccc(C(C)(C)C)cc2)O[C@@H]1C. The Morgan fingerprint density at radius 2 is 1.44 bits per heavy atom. The van der Waals surface area contributed by atoms with Crippen molar-refractivity contribution in [3.63, 3.8) is 0 Å². The minimum absolute atomic E-state index is 0.0875. The van der Waals surface area contributed by atoms with Crippen molar-refractivity contribution >= 4 is 0 Å². The standard InChI is InChI=1S/C16H24O2/c1-11-12(2)18-15(17-11)10-13-6-8-14(9-7-13)16(3,4)5/h6-9,11-12,15H,10H2,1-5H3/t11-,12-/m1/s1. The largest absolute Gasteiger partial charge is 0.347 e.